The number of rotatable bonds is 7. The normalized spacial score (nSPS) is 10.1. The lowest BCUT2D eigenvalue weighted by atomic mass is 10.4. The van der Waals surface area contributed by atoms with Gasteiger partial charge in [0.1, 0.15) is 11.6 Å². The van der Waals surface area contributed by atoms with Gasteiger partial charge < -0.3 is 15.5 Å². The highest BCUT2D eigenvalue weighted by Crippen LogP contribution is 2.16. The van der Waals surface area contributed by atoms with E-state index in [2.05, 4.69) is 34.4 Å². The third-order valence-corrected chi connectivity index (χ3v) is 2.26. The first-order valence-electron chi connectivity index (χ1n) is 6.21. The van der Waals surface area contributed by atoms with Crippen LogP contribution in [0.15, 0.2) is 6.07 Å². The molecule has 0 fully saturated rings. The van der Waals surface area contributed by atoms with Crippen molar-refractivity contribution in [3.05, 3.63) is 6.07 Å². The molecule has 0 bridgehead atoms. The van der Waals surface area contributed by atoms with Crippen LogP contribution in [-0.4, -0.2) is 37.2 Å². The summed E-state index contributed by atoms with van der Waals surface area (Å²) in [5.74, 6) is 2.48. The van der Waals surface area contributed by atoms with Gasteiger partial charge >= 0.3 is 0 Å². The minimum Gasteiger partial charge on any atom is -0.370 e. The summed E-state index contributed by atoms with van der Waals surface area (Å²) in [6, 6.07) is 1.97. The van der Waals surface area contributed by atoms with E-state index in [-0.39, 0.29) is 0 Å². The highest BCUT2D eigenvalue weighted by atomic mass is 15.2. The molecule has 2 N–H and O–H groups in total. The molecule has 0 aliphatic heterocycles. The van der Waals surface area contributed by atoms with Crippen LogP contribution in [0, 0.1) is 0 Å². The molecule has 0 aliphatic rings. The Morgan fingerprint density at radius 2 is 1.71 bits per heavy atom. The highest BCUT2D eigenvalue weighted by molar-refractivity contribution is 5.52. The van der Waals surface area contributed by atoms with Crippen molar-refractivity contribution in [3.8, 4) is 0 Å². The topological polar surface area (TPSA) is 53.1 Å². The lowest BCUT2D eigenvalue weighted by Gasteiger charge is -2.15. The second kappa shape index (κ2) is 6.93. The SMILES string of the molecule is CCCNc1cc(N(C)C)nc(NCCC)n1. The predicted molar refractivity (Wildman–Crippen MR) is 73.9 cm³/mol. The largest absolute Gasteiger partial charge is 0.370 e. The van der Waals surface area contributed by atoms with Crippen LogP contribution in [0.1, 0.15) is 26.7 Å². The van der Waals surface area contributed by atoms with E-state index in [0.29, 0.717) is 5.95 Å². The van der Waals surface area contributed by atoms with Gasteiger partial charge in [-0.15, -0.1) is 0 Å². The molecule has 17 heavy (non-hydrogen) atoms. The summed E-state index contributed by atoms with van der Waals surface area (Å²) in [7, 11) is 3.96. The Labute approximate surface area is 104 Å². The van der Waals surface area contributed by atoms with Crippen LogP contribution < -0.4 is 15.5 Å². The molecule has 0 aliphatic carbocycles. The third kappa shape index (κ3) is 4.46. The Morgan fingerprint density at radius 1 is 1.06 bits per heavy atom. The molecule has 1 aromatic rings. The molecule has 1 aromatic heterocycles. The number of nitrogens with one attached hydrogen (secondary N) is 2. The van der Waals surface area contributed by atoms with Gasteiger partial charge in [-0.1, -0.05) is 13.8 Å². The van der Waals surface area contributed by atoms with Gasteiger partial charge in [0, 0.05) is 33.3 Å². The summed E-state index contributed by atoms with van der Waals surface area (Å²) in [5.41, 5.74) is 0. The molecule has 0 atom stereocenters. The third-order valence-electron chi connectivity index (χ3n) is 2.26. The van der Waals surface area contributed by atoms with Gasteiger partial charge in [0.15, 0.2) is 0 Å². The molecular formula is C12H23N5. The van der Waals surface area contributed by atoms with Crippen molar-refractivity contribution < 1.29 is 0 Å². The van der Waals surface area contributed by atoms with Gasteiger partial charge in [-0.05, 0) is 12.8 Å². The van der Waals surface area contributed by atoms with E-state index in [1.807, 2.05) is 25.1 Å². The summed E-state index contributed by atoms with van der Waals surface area (Å²) < 4.78 is 0. The van der Waals surface area contributed by atoms with Gasteiger partial charge in [-0.3, -0.25) is 0 Å². The highest BCUT2D eigenvalue weighted by Gasteiger charge is 2.05. The fraction of sp³-hybridized carbons (Fsp3) is 0.667. The fourth-order valence-electron chi connectivity index (χ4n) is 1.32. The predicted octanol–water partition coefficient (Wildman–Crippen LogP) is 2.19. The molecule has 96 valence electrons. The fourth-order valence-corrected chi connectivity index (χ4v) is 1.32. The summed E-state index contributed by atoms with van der Waals surface area (Å²) in [6.45, 7) is 6.08. The number of anilines is 3. The maximum atomic E-state index is 4.44. The molecule has 5 nitrogen and oxygen atoms in total. The second-order valence-electron chi connectivity index (χ2n) is 4.18. The molecular weight excluding hydrogens is 214 g/mol. The van der Waals surface area contributed by atoms with Gasteiger partial charge in [0.25, 0.3) is 0 Å². The van der Waals surface area contributed by atoms with Crippen LogP contribution in [0.4, 0.5) is 17.6 Å². The van der Waals surface area contributed by atoms with E-state index in [4.69, 9.17) is 0 Å². The number of hydrogen-bond donors (Lipinski definition) is 2. The minimum atomic E-state index is 0.691. The van der Waals surface area contributed by atoms with E-state index in [9.17, 15) is 0 Å². The Bertz CT molecular complexity index is 311. The smallest absolute Gasteiger partial charge is 0.226 e. The summed E-state index contributed by atoms with van der Waals surface area (Å²) in [5, 5.41) is 6.51. The monoisotopic (exact) mass is 237 g/mol. The molecule has 0 radical (unpaired) electrons. The standard InChI is InChI=1S/C12H23N5/c1-5-7-13-10-9-11(17(3)4)16-12(15-10)14-8-6-2/h9H,5-8H2,1-4H3,(H2,13,14,15,16). The van der Waals surface area contributed by atoms with Crippen molar-refractivity contribution in [3.63, 3.8) is 0 Å². The Morgan fingerprint density at radius 3 is 2.29 bits per heavy atom. The summed E-state index contributed by atoms with van der Waals surface area (Å²) in [6.07, 6.45) is 2.15. The van der Waals surface area contributed by atoms with E-state index in [1.54, 1.807) is 0 Å². The van der Waals surface area contributed by atoms with Crippen LogP contribution in [-0.2, 0) is 0 Å². The maximum absolute atomic E-state index is 4.44. The summed E-state index contributed by atoms with van der Waals surface area (Å²) in [4.78, 5) is 10.9. The van der Waals surface area contributed by atoms with Crippen molar-refractivity contribution >= 4 is 17.6 Å². The van der Waals surface area contributed by atoms with Crippen molar-refractivity contribution in [2.45, 2.75) is 26.7 Å². The van der Waals surface area contributed by atoms with E-state index >= 15 is 0 Å². The van der Waals surface area contributed by atoms with Gasteiger partial charge in [0.05, 0.1) is 0 Å². The second-order valence-corrected chi connectivity index (χ2v) is 4.18. The van der Waals surface area contributed by atoms with Crippen LogP contribution in [0.3, 0.4) is 0 Å². The molecule has 0 spiro atoms. The van der Waals surface area contributed by atoms with Crippen molar-refractivity contribution in [1.29, 1.82) is 0 Å². The summed E-state index contributed by atoms with van der Waals surface area (Å²) >= 11 is 0. The lowest BCUT2D eigenvalue weighted by Crippen LogP contribution is -2.15. The first kappa shape index (κ1) is 13.5. The van der Waals surface area contributed by atoms with Crippen LogP contribution in [0.5, 0.6) is 0 Å². The quantitative estimate of drug-likeness (QED) is 0.761. The van der Waals surface area contributed by atoms with Crippen molar-refractivity contribution in [2.24, 2.45) is 0 Å². The first-order valence-corrected chi connectivity index (χ1v) is 6.21. The molecule has 1 rings (SSSR count). The van der Waals surface area contributed by atoms with Crippen LogP contribution in [0.25, 0.3) is 0 Å². The average molecular weight is 237 g/mol. The lowest BCUT2D eigenvalue weighted by molar-refractivity contribution is 0.932. The first-order chi connectivity index (χ1) is 8.17. The molecule has 1 heterocycles. The van der Waals surface area contributed by atoms with Crippen molar-refractivity contribution in [1.82, 2.24) is 9.97 Å². The Hall–Kier alpha value is -1.52. The molecule has 0 amide bonds. The molecule has 0 saturated carbocycles. The van der Waals surface area contributed by atoms with Gasteiger partial charge in [-0.25, -0.2) is 0 Å². The van der Waals surface area contributed by atoms with E-state index in [1.165, 1.54) is 0 Å². The van der Waals surface area contributed by atoms with Crippen LogP contribution in [0.2, 0.25) is 0 Å². The number of nitrogens with zero attached hydrogens (tertiary/aromatic N) is 3. The molecule has 0 unspecified atom stereocenters. The molecule has 0 aromatic carbocycles. The van der Waals surface area contributed by atoms with Crippen molar-refractivity contribution in [2.75, 3.05) is 42.7 Å². The minimum absolute atomic E-state index is 0.691. The Kier molecular flexibility index (Phi) is 5.52. The number of aromatic nitrogens is 2. The number of hydrogen-bond acceptors (Lipinski definition) is 5. The maximum Gasteiger partial charge on any atom is 0.226 e. The van der Waals surface area contributed by atoms with E-state index in [0.717, 1.165) is 37.6 Å². The van der Waals surface area contributed by atoms with Gasteiger partial charge in [-0.2, -0.15) is 9.97 Å². The molecule has 0 saturated heterocycles. The average Bonchev–Trinajstić information content (AvgIpc) is 2.33. The van der Waals surface area contributed by atoms with E-state index < -0.39 is 0 Å². The zero-order valence-electron chi connectivity index (χ0n) is 11.2. The Balaban J connectivity index is 2.84. The zero-order valence-corrected chi connectivity index (χ0v) is 11.2. The van der Waals surface area contributed by atoms with Gasteiger partial charge in [0.2, 0.25) is 5.95 Å². The van der Waals surface area contributed by atoms with Crippen LogP contribution >= 0.6 is 0 Å². The zero-order chi connectivity index (χ0) is 12.7. The molecule has 5 heteroatoms.